The molecule has 19 heavy (non-hydrogen) atoms. The van der Waals surface area contributed by atoms with Crippen molar-refractivity contribution in [1.82, 2.24) is 5.32 Å². The molecular weight excluding hydrogens is 240 g/mol. The van der Waals surface area contributed by atoms with E-state index < -0.39 is 0 Å². The maximum absolute atomic E-state index is 11.5. The lowest BCUT2D eigenvalue weighted by Crippen LogP contribution is -2.34. The first-order valence-electron chi connectivity index (χ1n) is 6.98. The fourth-order valence-corrected chi connectivity index (χ4v) is 2.24. The number of hydrogen-bond acceptors (Lipinski definition) is 2. The fraction of sp³-hybridized carbons (Fsp3) is 0.533. The first-order valence-corrected chi connectivity index (χ1v) is 6.98. The standard InChI is InChI=1S/C15H22N2O2/c1-11(2)16-15(18)17-12-7-9-14(10-8-12)19-13-5-3-4-6-13/h7-11,13H,3-6H2,1-2H3,(H2,16,17,18). The van der Waals surface area contributed by atoms with Crippen molar-refractivity contribution in [2.45, 2.75) is 51.7 Å². The summed E-state index contributed by atoms with van der Waals surface area (Å²) in [6.07, 6.45) is 5.19. The molecule has 2 amide bonds. The third-order valence-electron chi connectivity index (χ3n) is 3.14. The van der Waals surface area contributed by atoms with Gasteiger partial charge in [-0.25, -0.2) is 4.79 Å². The zero-order chi connectivity index (χ0) is 13.7. The highest BCUT2D eigenvalue weighted by Gasteiger charge is 2.16. The second-order valence-corrected chi connectivity index (χ2v) is 5.30. The van der Waals surface area contributed by atoms with Gasteiger partial charge in [-0.2, -0.15) is 0 Å². The number of carbonyl (C=O) groups is 1. The van der Waals surface area contributed by atoms with Crippen molar-refractivity contribution in [2.24, 2.45) is 0 Å². The molecule has 2 rings (SSSR count). The van der Waals surface area contributed by atoms with Crippen LogP contribution in [0.5, 0.6) is 5.75 Å². The topological polar surface area (TPSA) is 50.4 Å². The average Bonchev–Trinajstić information content (AvgIpc) is 2.83. The van der Waals surface area contributed by atoms with Crippen LogP contribution in [0.15, 0.2) is 24.3 Å². The van der Waals surface area contributed by atoms with Crippen LogP contribution in [0.1, 0.15) is 39.5 Å². The summed E-state index contributed by atoms with van der Waals surface area (Å²) in [6, 6.07) is 7.49. The van der Waals surface area contributed by atoms with Crippen molar-refractivity contribution in [3.05, 3.63) is 24.3 Å². The third kappa shape index (κ3) is 4.47. The van der Waals surface area contributed by atoms with Crippen LogP contribution in [0.3, 0.4) is 0 Å². The minimum Gasteiger partial charge on any atom is -0.490 e. The van der Waals surface area contributed by atoms with E-state index in [-0.39, 0.29) is 12.1 Å². The molecule has 104 valence electrons. The molecule has 2 N–H and O–H groups in total. The Hall–Kier alpha value is -1.71. The van der Waals surface area contributed by atoms with Gasteiger partial charge < -0.3 is 15.4 Å². The molecule has 0 unspecified atom stereocenters. The van der Waals surface area contributed by atoms with Gasteiger partial charge in [0.15, 0.2) is 0 Å². The largest absolute Gasteiger partial charge is 0.490 e. The van der Waals surface area contributed by atoms with Gasteiger partial charge in [0.1, 0.15) is 5.75 Å². The summed E-state index contributed by atoms with van der Waals surface area (Å²) in [5.74, 6) is 0.877. The molecule has 0 aromatic heterocycles. The normalized spacial score (nSPS) is 15.5. The van der Waals surface area contributed by atoms with Crippen molar-refractivity contribution < 1.29 is 9.53 Å². The number of rotatable bonds is 4. The zero-order valence-electron chi connectivity index (χ0n) is 11.6. The smallest absolute Gasteiger partial charge is 0.319 e. The van der Waals surface area contributed by atoms with Crippen LogP contribution in [0.25, 0.3) is 0 Å². The molecule has 0 saturated heterocycles. The quantitative estimate of drug-likeness (QED) is 0.872. The maximum Gasteiger partial charge on any atom is 0.319 e. The lowest BCUT2D eigenvalue weighted by molar-refractivity contribution is 0.210. The number of anilines is 1. The summed E-state index contributed by atoms with van der Waals surface area (Å²) < 4.78 is 5.87. The number of urea groups is 1. The van der Waals surface area contributed by atoms with E-state index in [1.165, 1.54) is 12.8 Å². The Balaban J connectivity index is 1.85. The van der Waals surface area contributed by atoms with Crippen LogP contribution < -0.4 is 15.4 Å². The molecular formula is C15H22N2O2. The van der Waals surface area contributed by atoms with Gasteiger partial charge in [0.2, 0.25) is 0 Å². The Morgan fingerprint density at radius 3 is 2.42 bits per heavy atom. The van der Waals surface area contributed by atoms with Gasteiger partial charge >= 0.3 is 6.03 Å². The van der Waals surface area contributed by atoms with Crippen molar-refractivity contribution >= 4 is 11.7 Å². The Kier molecular flexibility index (Phi) is 4.66. The van der Waals surface area contributed by atoms with E-state index >= 15 is 0 Å². The third-order valence-corrected chi connectivity index (χ3v) is 3.14. The summed E-state index contributed by atoms with van der Waals surface area (Å²) in [5.41, 5.74) is 0.775. The van der Waals surface area contributed by atoms with Gasteiger partial charge in [0, 0.05) is 11.7 Å². The Morgan fingerprint density at radius 2 is 1.84 bits per heavy atom. The van der Waals surface area contributed by atoms with Crippen molar-refractivity contribution in [1.29, 1.82) is 0 Å². The number of benzene rings is 1. The van der Waals surface area contributed by atoms with E-state index in [2.05, 4.69) is 10.6 Å². The number of ether oxygens (including phenoxy) is 1. The van der Waals surface area contributed by atoms with Crippen molar-refractivity contribution in [3.8, 4) is 5.75 Å². The maximum atomic E-state index is 11.5. The molecule has 0 heterocycles. The van der Waals surface area contributed by atoms with Crippen molar-refractivity contribution in [2.75, 3.05) is 5.32 Å². The summed E-state index contributed by atoms with van der Waals surface area (Å²) in [6.45, 7) is 3.86. The van der Waals surface area contributed by atoms with E-state index in [9.17, 15) is 4.79 Å². The first kappa shape index (κ1) is 13.7. The lowest BCUT2D eigenvalue weighted by Gasteiger charge is -2.14. The molecule has 0 radical (unpaired) electrons. The molecule has 1 aromatic rings. The van der Waals surface area contributed by atoms with Crippen LogP contribution in [-0.4, -0.2) is 18.2 Å². The molecule has 0 aliphatic heterocycles. The molecule has 1 saturated carbocycles. The average molecular weight is 262 g/mol. The SMILES string of the molecule is CC(C)NC(=O)Nc1ccc(OC2CCCC2)cc1. The van der Waals surface area contributed by atoms with Crippen LogP contribution >= 0.6 is 0 Å². The molecule has 0 spiro atoms. The first-order chi connectivity index (χ1) is 9.13. The molecule has 1 aromatic carbocycles. The van der Waals surface area contributed by atoms with Gasteiger partial charge in [-0.05, 0) is 63.8 Å². The van der Waals surface area contributed by atoms with Gasteiger partial charge in [0.05, 0.1) is 6.10 Å². The molecule has 1 aliphatic rings. The Morgan fingerprint density at radius 1 is 1.21 bits per heavy atom. The molecule has 0 bridgehead atoms. The highest BCUT2D eigenvalue weighted by Crippen LogP contribution is 2.24. The summed E-state index contributed by atoms with van der Waals surface area (Å²) in [7, 11) is 0. The fourth-order valence-electron chi connectivity index (χ4n) is 2.24. The van der Waals surface area contributed by atoms with Crippen molar-refractivity contribution in [3.63, 3.8) is 0 Å². The highest BCUT2D eigenvalue weighted by molar-refractivity contribution is 5.89. The molecule has 4 nitrogen and oxygen atoms in total. The van der Waals surface area contributed by atoms with E-state index in [4.69, 9.17) is 4.74 Å². The summed E-state index contributed by atoms with van der Waals surface area (Å²) in [4.78, 5) is 11.5. The number of hydrogen-bond donors (Lipinski definition) is 2. The second-order valence-electron chi connectivity index (χ2n) is 5.30. The molecule has 4 heteroatoms. The minimum absolute atomic E-state index is 0.130. The zero-order valence-corrected chi connectivity index (χ0v) is 11.6. The van der Waals surface area contributed by atoms with Gasteiger partial charge in [-0.1, -0.05) is 0 Å². The summed E-state index contributed by atoms with van der Waals surface area (Å²) in [5, 5.41) is 5.57. The minimum atomic E-state index is -0.181. The summed E-state index contributed by atoms with van der Waals surface area (Å²) >= 11 is 0. The van der Waals surface area contributed by atoms with E-state index in [1.807, 2.05) is 38.1 Å². The Labute approximate surface area is 114 Å². The monoisotopic (exact) mass is 262 g/mol. The van der Waals surface area contributed by atoms with Gasteiger partial charge in [-0.3, -0.25) is 0 Å². The van der Waals surface area contributed by atoms with E-state index in [1.54, 1.807) is 0 Å². The van der Waals surface area contributed by atoms with Crippen LogP contribution in [0.4, 0.5) is 10.5 Å². The van der Waals surface area contributed by atoms with Crippen LogP contribution in [0, 0.1) is 0 Å². The number of nitrogens with one attached hydrogen (secondary N) is 2. The predicted octanol–water partition coefficient (Wildman–Crippen LogP) is 3.54. The van der Waals surface area contributed by atoms with Crippen LogP contribution in [-0.2, 0) is 0 Å². The van der Waals surface area contributed by atoms with Crippen LogP contribution in [0.2, 0.25) is 0 Å². The van der Waals surface area contributed by atoms with E-state index in [0.717, 1.165) is 24.3 Å². The highest BCUT2D eigenvalue weighted by atomic mass is 16.5. The molecule has 1 aliphatic carbocycles. The number of carbonyl (C=O) groups excluding carboxylic acids is 1. The van der Waals surface area contributed by atoms with E-state index in [0.29, 0.717) is 6.10 Å². The Bertz CT molecular complexity index is 409. The predicted molar refractivity (Wildman–Crippen MR) is 76.6 cm³/mol. The lowest BCUT2D eigenvalue weighted by atomic mass is 10.2. The van der Waals surface area contributed by atoms with Gasteiger partial charge in [-0.15, -0.1) is 0 Å². The number of amides is 2. The van der Waals surface area contributed by atoms with Gasteiger partial charge in [0.25, 0.3) is 0 Å². The molecule has 1 fully saturated rings. The molecule has 0 atom stereocenters. The second kappa shape index (κ2) is 6.45.